The SMILES string of the molecule is C=C1N(C)c2ccccc2C(O)N1c1ccccc1/C(C)=C/C. The molecule has 1 unspecified atom stereocenters. The molecule has 0 bridgehead atoms. The van der Waals surface area contributed by atoms with Gasteiger partial charge in [0.2, 0.25) is 0 Å². The number of allylic oxidation sites excluding steroid dienone is 2. The fourth-order valence-electron chi connectivity index (χ4n) is 3.04. The van der Waals surface area contributed by atoms with Crippen LogP contribution in [0.15, 0.2) is 67.0 Å². The van der Waals surface area contributed by atoms with Crippen molar-refractivity contribution in [1.82, 2.24) is 0 Å². The van der Waals surface area contributed by atoms with Crippen molar-refractivity contribution in [2.45, 2.75) is 20.1 Å². The second kappa shape index (κ2) is 5.94. The third kappa shape index (κ3) is 2.43. The van der Waals surface area contributed by atoms with Gasteiger partial charge < -0.3 is 10.0 Å². The lowest BCUT2D eigenvalue weighted by atomic mass is 10.0. The first-order chi connectivity index (χ1) is 11.1. The van der Waals surface area contributed by atoms with Crippen LogP contribution in [0.4, 0.5) is 11.4 Å². The number of fused-ring (bicyclic) bond motifs is 1. The van der Waals surface area contributed by atoms with E-state index in [1.807, 2.05) is 66.2 Å². The van der Waals surface area contributed by atoms with E-state index in [9.17, 15) is 5.11 Å². The number of hydrogen-bond acceptors (Lipinski definition) is 3. The monoisotopic (exact) mass is 306 g/mol. The Morgan fingerprint density at radius 1 is 1.09 bits per heavy atom. The van der Waals surface area contributed by atoms with E-state index in [2.05, 4.69) is 25.6 Å². The average Bonchev–Trinajstić information content (AvgIpc) is 2.60. The number of aliphatic hydroxyl groups excluding tert-OH is 1. The van der Waals surface area contributed by atoms with E-state index in [-0.39, 0.29) is 0 Å². The molecule has 1 aliphatic heterocycles. The largest absolute Gasteiger partial charge is 0.369 e. The van der Waals surface area contributed by atoms with Crippen LogP contribution in [0.1, 0.15) is 31.2 Å². The predicted octanol–water partition coefficient (Wildman–Crippen LogP) is 4.53. The van der Waals surface area contributed by atoms with Crippen LogP contribution >= 0.6 is 0 Å². The molecule has 2 aromatic carbocycles. The Morgan fingerprint density at radius 3 is 2.39 bits per heavy atom. The number of para-hydroxylation sites is 2. The lowest BCUT2D eigenvalue weighted by Crippen LogP contribution is -2.41. The summed E-state index contributed by atoms with van der Waals surface area (Å²) in [5.74, 6) is 0.757. The Morgan fingerprint density at radius 2 is 1.70 bits per heavy atom. The highest BCUT2D eigenvalue weighted by molar-refractivity contribution is 5.79. The highest BCUT2D eigenvalue weighted by atomic mass is 16.3. The molecule has 0 amide bonds. The zero-order chi connectivity index (χ0) is 16.6. The number of benzene rings is 2. The van der Waals surface area contributed by atoms with Crippen LogP contribution < -0.4 is 9.80 Å². The molecule has 0 fully saturated rings. The molecule has 0 spiro atoms. The van der Waals surface area contributed by atoms with Gasteiger partial charge in [-0.05, 0) is 31.6 Å². The maximum Gasteiger partial charge on any atom is 0.160 e. The summed E-state index contributed by atoms with van der Waals surface area (Å²) in [6, 6.07) is 16.0. The molecule has 0 saturated heterocycles. The minimum atomic E-state index is -0.749. The molecule has 0 saturated carbocycles. The maximum atomic E-state index is 11.0. The van der Waals surface area contributed by atoms with Crippen molar-refractivity contribution in [3.05, 3.63) is 78.1 Å². The standard InChI is InChI=1S/C20H22N2O/c1-5-14(2)16-10-6-9-13-19(16)22-15(3)21(4)18-12-8-7-11-17(18)20(22)23/h5-13,20,23H,3H2,1-2,4H3/b14-5+. The maximum absolute atomic E-state index is 11.0. The van der Waals surface area contributed by atoms with Crippen LogP contribution in [-0.2, 0) is 0 Å². The van der Waals surface area contributed by atoms with Gasteiger partial charge in [0.05, 0.1) is 5.69 Å². The van der Waals surface area contributed by atoms with Gasteiger partial charge >= 0.3 is 0 Å². The molecule has 1 heterocycles. The van der Waals surface area contributed by atoms with Gasteiger partial charge in [0, 0.05) is 23.9 Å². The number of hydrogen-bond donors (Lipinski definition) is 1. The van der Waals surface area contributed by atoms with Crippen molar-refractivity contribution in [2.75, 3.05) is 16.8 Å². The summed E-state index contributed by atoms with van der Waals surface area (Å²) in [5, 5.41) is 11.0. The molecule has 1 N–H and O–H groups in total. The number of anilines is 2. The van der Waals surface area contributed by atoms with Crippen molar-refractivity contribution < 1.29 is 5.11 Å². The summed E-state index contributed by atoms with van der Waals surface area (Å²) in [4.78, 5) is 3.91. The van der Waals surface area contributed by atoms with E-state index in [1.54, 1.807) is 0 Å². The van der Waals surface area contributed by atoms with Crippen molar-refractivity contribution >= 4 is 16.9 Å². The van der Waals surface area contributed by atoms with E-state index in [0.29, 0.717) is 0 Å². The van der Waals surface area contributed by atoms with Gasteiger partial charge in [-0.25, -0.2) is 0 Å². The van der Waals surface area contributed by atoms with Crippen molar-refractivity contribution in [2.24, 2.45) is 0 Å². The van der Waals surface area contributed by atoms with E-state index in [0.717, 1.165) is 28.3 Å². The lowest BCUT2D eigenvalue weighted by molar-refractivity contribution is 0.176. The Hall–Kier alpha value is -2.52. The minimum Gasteiger partial charge on any atom is -0.369 e. The van der Waals surface area contributed by atoms with Gasteiger partial charge in [-0.2, -0.15) is 0 Å². The van der Waals surface area contributed by atoms with Crippen molar-refractivity contribution in [3.8, 4) is 0 Å². The summed E-state index contributed by atoms with van der Waals surface area (Å²) >= 11 is 0. The zero-order valence-electron chi connectivity index (χ0n) is 13.8. The molecule has 0 aliphatic carbocycles. The van der Waals surface area contributed by atoms with Crippen LogP contribution in [-0.4, -0.2) is 12.2 Å². The van der Waals surface area contributed by atoms with E-state index < -0.39 is 6.23 Å². The van der Waals surface area contributed by atoms with Crippen LogP contribution in [0.25, 0.3) is 5.57 Å². The lowest BCUT2D eigenvalue weighted by Gasteiger charge is -2.43. The second-order valence-corrected chi connectivity index (χ2v) is 5.77. The van der Waals surface area contributed by atoms with Crippen LogP contribution in [0, 0.1) is 0 Å². The third-order valence-electron chi connectivity index (χ3n) is 4.51. The van der Waals surface area contributed by atoms with Crippen LogP contribution in [0.3, 0.4) is 0 Å². The highest BCUT2D eigenvalue weighted by Crippen LogP contribution is 2.42. The zero-order valence-corrected chi connectivity index (χ0v) is 13.8. The molecule has 1 atom stereocenters. The van der Waals surface area contributed by atoms with Gasteiger partial charge in [0.25, 0.3) is 0 Å². The third-order valence-corrected chi connectivity index (χ3v) is 4.51. The molecule has 3 nitrogen and oxygen atoms in total. The molecule has 3 rings (SSSR count). The molecule has 118 valence electrons. The van der Waals surface area contributed by atoms with Crippen molar-refractivity contribution in [1.29, 1.82) is 0 Å². The van der Waals surface area contributed by atoms with Gasteiger partial charge in [-0.3, -0.25) is 4.90 Å². The number of nitrogens with zero attached hydrogens (tertiary/aromatic N) is 2. The van der Waals surface area contributed by atoms with Gasteiger partial charge in [0.1, 0.15) is 5.82 Å². The fourth-order valence-corrected chi connectivity index (χ4v) is 3.04. The smallest absolute Gasteiger partial charge is 0.160 e. The molecule has 3 heteroatoms. The summed E-state index contributed by atoms with van der Waals surface area (Å²) in [7, 11) is 1.98. The first-order valence-corrected chi connectivity index (χ1v) is 7.77. The van der Waals surface area contributed by atoms with E-state index in [4.69, 9.17) is 0 Å². The minimum absolute atomic E-state index is 0.749. The summed E-state index contributed by atoms with van der Waals surface area (Å²) < 4.78 is 0. The Bertz CT molecular complexity index is 779. The van der Waals surface area contributed by atoms with E-state index in [1.165, 1.54) is 5.57 Å². The summed E-state index contributed by atoms with van der Waals surface area (Å²) in [6.45, 7) is 8.30. The fraction of sp³-hybridized carbons (Fsp3) is 0.200. The van der Waals surface area contributed by atoms with Crippen LogP contribution in [0.5, 0.6) is 0 Å². The molecule has 2 aromatic rings. The quantitative estimate of drug-likeness (QED) is 0.883. The second-order valence-electron chi connectivity index (χ2n) is 5.77. The molecular formula is C20H22N2O. The molecule has 0 radical (unpaired) electrons. The normalized spacial score (nSPS) is 18.2. The van der Waals surface area contributed by atoms with Gasteiger partial charge in [0.15, 0.2) is 6.23 Å². The predicted molar refractivity (Wildman–Crippen MR) is 97.2 cm³/mol. The average molecular weight is 306 g/mol. The Kier molecular flexibility index (Phi) is 3.97. The molecule has 0 aromatic heterocycles. The summed E-state index contributed by atoms with van der Waals surface area (Å²) in [5.41, 5.74) is 5.10. The Labute approximate surface area is 137 Å². The van der Waals surface area contributed by atoms with Gasteiger partial charge in [-0.1, -0.05) is 49.1 Å². The first kappa shape index (κ1) is 15.4. The number of aliphatic hydroxyl groups is 1. The molecule has 1 aliphatic rings. The highest BCUT2D eigenvalue weighted by Gasteiger charge is 2.32. The van der Waals surface area contributed by atoms with Crippen molar-refractivity contribution in [3.63, 3.8) is 0 Å². The molecular weight excluding hydrogens is 284 g/mol. The summed E-state index contributed by atoms with van der Waals surface area (Å²) in [6.07, 6.45) is 1.33. The Balaban J connectivity index is 2.17. The van der Waals surface area contributed by atoms with E-state index >= 15 is 0 Å². The topological polar surface area (TPSA) is 26.7 Å². The molecule has 23 heavy (non-hydrogen) atoms. The van der Waals surface area contributed by atoms with Crippen LogP contribution in [0.2, 0.25) is 0 Å². The number of rotatable bonds is 2. The first-order valence-electron chi connectivity index (χ1n) is 7.77. The van der Waals surface area contributed by atoms with Gasteiger partial charge in [-0.15, -0.1) is 0 Å².